The van der Waals surface area contributed by atoms with E-state index >= 15 is 0 Å². The third-order valence-corrected chi connectivity index (χ3v) is 1.42. The molecule has 0 aromatic heterocycles. The first-order valence-corrected chi connectivity index (χ1v) is 3.18. The Labute approximate surface area is 67.3 Å². The highest BCUT2D eigenvalue weighted by molar-refractivity contribution is 5.84. The van der Waals surface area contributed by atoms with Gasteiger partial charge < -0.3 is 25.2 Å². The van der Waals surface area contributed by atoms with Gasteiger partial charge in [0.05, 0.1) is 0 Å². The lowest BCUT2D eigenvalue weighted by molar-refractivity contribution is -0.183. The van der Waals surface area contributed by atoms with Crippen molar-refractivity contribution in [3.63, 3.8) is 0 Å². The summed E-state index contributed by atoms with van der Waals surface area (Å²) in [7, 11) is 0. The van der Waals surface area contributed by atoms with Gasteiger partial charge in [0.25, 0.3) is 0 Å². The van der Waals surface area contributed by atoms with Crippen LogP contribution < -0.4 is 0 Å². The van der Waals surface area contributed by atoms with Crippen molar-refractivity contribution in [1.82, 2.24) is 0 Å². The standard InChI is InChI=1S/C6H8O6/c7-2-1-3(5(9)10)12-6(11)4(2)8/h1-2,4,6-8,11H,(H,9,10)/t2-,4+,6-/m0/s1. The van der Waals surface area contributed by atoms with Crippen molar-refractivity contribution in [1.29, 1.82) is 0 Å². The maximum atomic E-state index is 10.3. The number of hydrogen-bond donors (Lipinski definition) is 4. The molecule has 0 amide bonds. The monoisotopic (exact) mass is 176 g/mol. The van der Waals surface area contributed by atoms with Crippen LogP contribution in [-0.2, 0) is 9.53 Å². The third kappa shape index (κ3) is 1.55. The second-order valence-corrected chi connectivity index (χ2v) is 2.33. The lowest BCUT2D eigenvalue weighted by Gasteiger charge is -2.26. The summed E-state index contributed by atoms with van der Waals surface area (Å²) < 4.78 is 4.34. The van der Waals surface area contributed by atoms with Gasteiger partial charge in [0.15, 0.2) is 0 Å². The Morgan fingerprint density at radius 1 is 1.42 bits per heavy atom. The highest BCUT2D eigenvalue weighted by Gasteiger charge is 2.32. The van der Waals surface area contributed by atoms with Crippen molar-refractivity contribution in [2.75, 3.05) is 0 Å². The number of hydrogen-bond acceptors (Lipinski definition) is 5. The number of carbonyl (C=O) groups is 1. The van der Waals surface area contributed by atoms with Gasteiger partial charge in [-0.15, -0.1) is 0 Å². The van der Waals surface area contributed by atoms with Crippen molar-refractivity contribution >= 4 is 5.97 Å². The van der Waals surface area contributed by atoms with Crippen molar-refractivity contribution in [3.8, 4) is 0 Å². The van der Waals surface area contributed by atoms with Gasteiger partial charge >= 0.3 is 5.97 Å². The zero-order valence-corrected chi connectivity index (χ0v) is 5.91. The molecule has 1 aliphatic rings. The van der Waals surface area contributed by atoms with E-state index in [0.29, 0.717) is 0 Å². The van der Waals surface area contributed by atoms with Gasteiger partial charge in [0, 0.05) is 0 Å². The summed E-state index contributed by atoms with van der Waals surface area (Å²) in [6.07, 6.45) is -3.80. The third-order valence-electron chi connectivity index (χ3n) is 1.42. The molecule has 1 aliphatic heterocycles. The molecule has 6 nitrogen and oxygen atoms in total. The molecule has 6 heteroatoms. The molecule has 0 saturated carbocycles. The molecule has 0 unspecified atom stereocenters. The molecule has 1 rings (SSSR count). The van der Waals surface area contributed by atoms with Crippen LogP contribution in [-0.4, -0.2) is 44.9 Å². The van der Waals surface area contributed by atoms with Gasteiger partial charge in [-0.05, 0) is 6.08 Å². The van der Waals surface area contributed by atoms with E-state index in [0.717, 1.165) is 6.08 Å². The van der Waals surface area contributed by atoms with Crippen LogP contribution in [0.15, 0.2) is 11.8 Å². The Morgan fingerprint density at radius 2 is 2.00 bits per heavy atom. The topological polar surface area (TPSA) is 107 Å². The van der Waals surface area contributed by atoms with E-state index in [4.69, 9.17) is 20.4 Å². The maximum absolute atomic E-state index is 10.3. The second kappa shape index (κ2) is 3.10. The molecule has 0 aromatic rings. The molecule has 12 heavy (non-hydrogen) atoms. The Hall–Kier alpha value is -1.11. The molecular weight excluding hydrogens is 168 g/mol. The van der Waals surface area contributed by atoms with Crippen molar-refractivity contribution < 1.29 is 30.0 Å². The smallest absolute Gasteiger partial charge is 0.371 e. The molecule has 0 bridgehead atoms. The first-order valence-electron chi connectivity index (χ1n) is 3.18. The predicted molar refractivity (Wildman–Crippen MR) is 34.8 cm³/mol. The minimum atomic E-state index is -1.70. The second-order valence-electron chi connectivity index (χ2n) is 2.33. The Balaban J connectivity index is 2.81. The highest BCUT2D eigenvalue weighted by Crippen LogP contribution is 2.16. The summed E-state index contributed by atoms with van der Waals surface area (Å²) in [6.45, 7) is 0. The first kappa shape index (κ1) is 8.98. The SMILES string of the molecule is O=C(O)C1=C[C@H](O)[C@@H](O)[C@@H](O)O1. The van der Waals surface area contributed by atoms with E-state index in [2.05, 4.69) is 4.74 Å². The van der Waals surface area contributed by atoms with E-state index in [1.165, 1.54) is 0 Å². The first-order chi connectivity index (χ1) is 5.52. The summed E-state index contributed by atoms with van der Waals surface area (Å²) in [5.41, 5.74) is 0. The highest BCUT2D eigenvalue weighted by atomic mass is 16.6. The van der Waals surface area contributed by atoms with Gasteiger partial charge in [-0.3, -0.25) is 0 Å². The van der Waals surface area contributed by atoms with Crippen LogP contribution in [0.5, 0.6) is 0 Å². The van der Waals surface area contributed by atoms with Crippen molar-refractivity contribution in [2.45, 2.75) is 18.5 Å². The minimum Gasteiger partial charge on any atom is -0.475 e. The van der Waals surface area contributed by atoms with Gasteiger partial charge in [0.1, 0.15) is 12.2 Å². The average molecular weight is 176 g/mol. The Bertz CT molecular complexity index is 222. The van der Waals surface area contributed by atoms with Gasteiger partial charge in [0.2, 0.25) is 12.0 Å². The van der Waals surface area contributed by atoms with E-state index in [9.17, 15) is 4.79 Å². The normalized spacial score (nSPS) is 35.2. The molecule has 4 N–H and O–H groups in total. The number of carboxylic acid groups (broad SMARTS) is 1. The lowest BCUT2D eigenvalue weighted by atomic mass is 10.1. The number of rotatable bonds is 1. The van der Waals surface area contributed by atoms with E-state index in [1.807, 2.05) is 0 Å². The van der Waals surface area contributed by atoms with Crippen LogP contribution in [0, 0.1) is 0 Å². The number of ether oxygens (including phenoxy) is 1. The van der Waals surface area contributed by atoms with Crippen LogP contribution in [0.25, 0.3) is 0 Å². The van der Waals surface area contributed by atoms with E-state index < -0.39 is 30.2 Å². The number of carboxylic acids is 1. The van der Waals surface area contributed by atoms with Crippen molar-refractivity contribution in [3.05, 3.63) is 11.8 Å². The van der Waals surface area contributed by atoms with Gasteiger partial charge in [-0.1, -0.05) is 0 Å². The van der Waals surface area contributed by atoms with Crippen LogP contribution in [0.3, 0.4) is 0 Å². The average Bonchev–Trinajstić information content (AvgIpc) is 1.99. The van der Waals surface area contributed by atoms with Crippen LogP contribution in [0.1, 0.15) is 0 Å². The summed E-state index contributed by atoms with van der Waals surface area (Å²) >= 11 is 0. The molecule has 1 heterocycles. The van der Waals surface area contributed by atoms with Gasteiger partial charge in [-0.2, -0.15) is 0 Å². The fraction of sp³-hybridized carbons (Fsp3) is 0.500. The largest absolute Gasteiger partial charge is 0.475 e. The van der Waals surface area contributed by atoms with Crippen LogP contribution in [0.4, 0.5) is 0 Å². The molecule has 0 fully saturated rings. The number of aliphatic hydroxyl groups is 3. The molecule has 0 spiro atoms. The molecule has 0 radical (unpaired) electrons. The predicted octanol–water partition coefficient (Wildman–Crippen LogP) is -1.97. The quantitative estimate of drug-likeness (QED) is 0.369. The summed E-state index contributed by atoms with van der Waals surface area (Å²) in [6, 6.07) is 0. The lowest BCUT2D eigenvalue weighted by Crippen LogP contribution is -2.42. The molecular formula is C6H8O6. The van der Waals surface area contributed by atoms with Gasteiger partial charge in [-0.25, -0.2) is 4.79 Å². The van der Waals surface area contributed by atoms with Crippen LogP contribution in [0.2, 0.25) is 0 Å². The zero-order chi connectivity index (χ0) is 9.30. The Morgan fingerprint density at radius 3 is 2.42 bits per heavy atom. The number of aliphatic carboxylic acids is 1. The van der Waals surface area contributed by atoms with E-state index in [-0.39, 0.29) is 0 Å². The molecule has 0 saturated heterocycles. The fourth-order valence-corrected chi connectivity index (χ4v) is 0.783. The molecule has 68 valence electrons. The zero-order valence-electron chi connectivity index (χ0n) is 5.91. The number of aliphatic hydroxyl groups excluding tert-OH is 3. The van der Waals surface area contributed by atoms with Crippen molar-refractivity contribution in [2.24, 2.45) is 0 Å². The van der Waals surface area contributed by atoms with E-state index in [1.54, 1.807) is 0 Å². The molecule has 3 atom stereocenters. The Kier molecular flexibility index (Phi) is 2.32. The minimum absolute atomic E-state index is 0.569. The molecule has 0 aliphatic carbocycles. The fourth-order valence-electron chi connectivity index (χ4n) is 0.783. The maximum Gasteiger partial charge on any atom is 0.371 e. The summed E-state index contributed by atoms with van der Waals surface area (Å²) in [4.78, 5) is 10.3. The van der Waals surface area contributed by atoms with Crippen LogP contribution >= 0.6 is 0 Å². The molecule has 0 aromatic carbocycles. The summed E-state index contributed by atoms with van der Waals surface area (Å²) in [5.74, 6) is -1.97. The summed E-state index contributed by atoms with van der Waals surface area (Å²) in [5, 5.41) is 35.0.